The molecule has 0 aliphatic heterocycles. The van der Waals surface area contributed by atoms with Crippen LogP contribution in [0.1, 0.15) is 47.8 Å². The van der Waals surface area contributed by atoms with E-state index in [-0.39, 0.29) is 5.92 Å². The van der Waals surface area contributed by atoms with Crippen molar-refractivity contribution in [3.63, 3.8) is 0 Å². The fourth-order valence-corrected chi connectivity index (χ4v) is 5.66. The van der Waals surface area contributed by atoms with E-state index < -0.39 is 0 Å². The molecule has 2 aliphatic rings. The van der Waals surface area contributed by atoms with Crippen molar-refractivity contribution in [3.8, 4) is 12.1 Å². The summed E-state index contributed by atoms with van der Waals surface area (Å²) in [6.07, 6.45) is 16.5. The van der Waals surface area contributed by atoms with Gasteiger partial charge in [0.25, 0.3) is 0 Å². The number of para-hydroxylation sites is 1. The lowest BCUT2D eigenvalue weighted by Crippen LogP contribution is -2.13. The number of aliphatic imine (C=N–C) groups is 1. The van der Waals surface area contributed by atoms with Crippen molar-refractivity contribution < 1.29 is 0 Å². The van der Waals surface area contributed by atoms with Gasteiger partial charge in [0.05, 0.1) is 34.7 Å². The van der Waals surface area contributed by atoms with Crippen LogP contribution in [0.5, 0.6) is 0 Å². The van der Waals surface area contributed by atoms with Gasteiger partial charge in [0.2, 0.25) is 0 Å². The molecular formula is C32H27N5. The molecule has 2 aromatic heterocycles. The molecule has 5 heteroatoms. The van der Waals surface area contributed by atoms with Crippen molar-refractivity contribution in [2.24, 2.45) is 10.9 Å². The second-order valence-corrected chi connectivity index (χ2v) is 9.56. The SMILES string of the molecule is CC/C=C\C(=NCn1c2c(c3c1CCC=C3)CC(C#N)C=C2)n1c2ccccc2c2cc(C#N)ccc21. The molecule has 0 fully saturated rings. The smallest absolute Gasteiger partial charge is 0.134 e. The first-order valence-electron chi connectivity index (χ1n) is 12.9. The molecular weight excluding hydrogens is 454 g/mol. The fraction of sp³-hybridized carbons (Fsp3) is 0.219. The van der Waals surface area contributed by atoms with Gasteiger partial charge >= 0.3 is 0 Å². The number of fused-ring (bicyclic) bond motifs is 6. The zero-order valence-electron chi connectivity index (χ0n) is 20.9. The Bertz CT molecular complexity index is 1740. The molecule has 0 bridgehead atoms. The number of allylic oxidation sites excluding steroid dienone is 4. The molecule has 5 nitrogen and oxygen atoms in total. The molecule has 2 aliphatic carbocycles. The molecule has 1 atom stereocenters. The molecule has 0 saturated heterocycles. The quantitative estimate of drug-likeness (QED) is 0.232. The summed E-state index contributed by atoms with van der Waals surface area (Å²) in [5.74, 6) is 0.792. The molecule has 2 aromatic carbocycles. The van der Waals surface area contributed by atoms with Crippen LogP contribution in [-0.2, 0) is 19.5 Å². The molecule has 2 heterocycles. The third kappa shape index (κ3) is 3.81. The van der Waals surface area contributed by atoms with E-state index in [9.17, 15) is 10.5 Å². The molecule has 37 heavy (non-hydrogen) atoms. The monoisotopic (exact) mass is 481 g/mol. The number of rotatable bonds is 4. The molecule has 4 aromatic rings. The van der Waals surface area contributed by atoms with Crippen LogP contribution in [0.2, 0.25) is 0 Å². The second-order valence-electron chi connectivity index (χ2n) is 9.56. The summed E-state index contributed by atoms with van der Waals surface area (Å²) >= 11 is 0. The first-order valence-corrected chi connectivity index (χ1v) is 12.9. The van der Waals surface area contributed by atoms with Gasteiger partial charge in [-0.25, -0.2) is 4.99 Å². The third-order valence-electron chi connectivity index (χ3n) is 7.38. The predicted octanol–water partition coefficient (Wildman–Crippen LogP) is 7.01. The maximum absolute atomic E-state index is 9.52. The number of aromatic nitrogens is 2. The molecule has 180 valence electrons. The summed E-state index contributed by atoms with van der Waals surface area (Å²) in [6.45, 7) is 2.63. The van der Waals surface area contributed by atoms with Crippen molar-refractivity contribution in [3.05, 3.63) is 94.8 Å². The minimum Gasteiger partial charge on any atom is -0.324 e. The first-order chi connectivity index (χ1) is 18.2. The Kier molecular flexibility index (Phi) is 5.83. The maximum atomic E-state index is 9.52. The van der Waals surface area contributed by atoms with E-state index in [1.807, 2.05) is 36.4 Å². The Balaban J connectivity index is 1.53. The lowest BCUT2D eigenvalue weighted by molar-refractivity contribution is 0.674. The van der Waals surface area contributed by atoms with Crippen LogP contribution in [0.4, 0.5) is 0 Å². The Morgan fingerprint density at radius 2 is 1.97 bits per heavy atom. The molecule has 0 saturated carbocycles. The van der Waals surface area contributed by atoms with Crippen LogP contribution in [-0.4, -0.2) is 15.0 Å². The Morgan fingerprint density at radius 1 is 1.11 bits per heavy atom. The van der Waals surface area contributed by atoms with Gasteiger partial charge in [0.15, 0.2) is 0 Å². The van der Waals surface area contributed by atoms with Gasteiger partial charge < -0.3 is 4.57 Å². The second kappa shape index (κ2) is 9.45. The van der Waals surface area contributed by atoms with Crippen LogP contribution < -0.4 is 0 Å². The van der Waals surface area contributed by atoms with E-state index in [1.54, 1.807) is 0 Å². The van der Waals surface area contributed by atoms with E-state index in [0.717, 1.165) is 53.3 Å². The summed E-state index contributed by atoms with van der Waals surface area (Å²) in [5.41, 5.74) is 7.78. The summed E-state index contributed by atoms with van der Waals surface area (Å²) in [5, 5.41) is 21.2. The molecule has 0 radical (unpaired) electrons. The van der Waals surface area contributed by atoms with Crippen LogP contribution in [0.25, 0.3) is 34.0 Å². The highest BCUT2D eigenvalue weighted by molar-refractivity contribution is 6.16. The molecule has 6 rings (SSSR count). The molecule has 0 spiro atoms. The highest BCUT2D eigenvalue weighted by Gasteiger charge is 2.25. The molecule has 0 N–H and O–H groups in total. The average molecular weight is 482 g/mol. The standard InChI is InChI=1S/C32H27N5/c1-2-3-12-32(37-30-11-7-5-9-25(30)27-18-23(20-34)14-16-31(27)37)35-21-36-28-10-6-4-8-24(28)26-17-22(19-33)13-15-29(26)36/h3-5,7-9,11-16,18,22H,2,6,10,17,21H2,1H3/b12-3-,35-32?. The van der Waals surface area contributed by atoms with Crippen LogP contribution >= 0.6 is 0 Å². The van der Waals surface area contributed by atoms with E-state index in [0.29, 0.717) is 12.2 Å². The Morgan fingerprint density at radius 3 is 2.81 bits per heavy atom. The summed E-state index contributed by atoms with van der Waals surface area (Å²) < 4.78 is 4.54. The number of nitrogens with zero attached hydrogens (tertiary/aromatic N) is 5. The topological polar surface area (TPSA) is 69.8 Å². The highest BCUT2D eigenvalue weighted by Crippen LogP contribution is 2.35. The Hall–Kier alpha value is -4.61. The zero-order chi connectivity index (χ0) is 25.4. The maximum Gasteiger partial charge on any atom is 0.134 e. The predicted molar refractivity (Wildman–Crippen MR) is 150 cm³/mol. The van der Waals surface area contributed by atoms with Crippen LogP contribution in [0.3, 0.4) is 0 Å². The van der Waals surface area contributed by atoms with Crippen molar-refractivity contribution in [1.29, 1.82) is 10.5 Å². The first kappa shape index (κ1) is 22.8. The Labute approximate surface area is 216 Å². The van der Waals surface area contributed by atoms with Crippen LogP contribution in [0.15, 0.2) is 71.8 Å². The lowest BCUT2D eigenvalue weighted by atomic mass is 9.90. The van der Waals surface area contributed by atoms with Crippen molar-refractivity contribution in [2.45, 2.75) is 39.3 Å². The fourth-order valence-electron chi connectivity index (χ4n) is 5.66. The average Bonchev–Trinajstić information content (AvgIpc) is 3.45. The summed E-state index contributed by atoms with van der Waals surface area (Å²) in [7, 11) is 0. The van der Waals surface area contributed by atoms with Gasteiger partial charge in [-0.2, -0.15) is 10.5 Å². The van der Waals surface area contributed by atoms with Crippen molar-refractivity contribution in [1.82, 2.24) is 9.13 Å². The lowest BCUT2D eigenvalue weighted by Gasteiger charge is -2.15. The molecule has 1 unspecified atom stereocenters. The van der Waals surface area contributed by atoms with Gasteiger partial charge in [-0.3, -0.25) is 4.57 Å². The third-order valence-corrected chi connectivity index (χ3v) is 7.38. The van der Waals surface area contributed by atoms with Crippen molar-refractivity contribution in [2.75, 3.05) is 0 Å². The van der Waals surface area contributed by atoms with Crippen molar-refractivity contribution >= 4 is 39.8 Å². The number of benzene rings is 2. The van der Waals surface area contributed by atoms with E-state index in [1.165, 1.54) is 22.5 Å². The summed E-state index contributed by atoms with van der Waals surface area (Å²) in [4.78, 5) is 5.21. The van der Waals surface area contributed by atoms with E-state index >= 15 is 0 Å². The summed E-state index contributed by atoms with van der Waals surface area (Å²) in [6, 6.07) is 18.9. The minimum atomic E-state index is -0.0785. The van der Waals surface area contributed by atoms with Gasteiger partial charge in [-0.15, -0.1) is 0 Å². The normalized spacial score (nSPS) is 16.7. The largest absolute Gasteiger partial charge is 0.324 e. The number of hydrogen-bond acceptors (Lipinski definition) is 3. The zero-order valence-corrected chi connectivity index (χ0v) is 20.9. The van der Waals surface area contributed by atoms with Gasteiger partial charge in [-0.05, 0) is 73.2 Å². The van der Waals surface area contributed by atoms with Gasteiger partial charge in [-0.1, -0.05) is 49.4 Å². The minimum absolute atomic E-state index is 0.0785. The van der Waals surface area contributed by atoms with E-state index in [2.05, 4.69) is 70.7 Å². The van der Waals surface area contributed by atoms with E-state index in [4.69, 9.17) is 4.99 Å². The molecule has 0 amide bonds. The van der Waals surface area contributed by atoms with Crippen LogP contribution in [0, 0.1) is 28.6 Å². The number of hydrogen-bond donors (Lipinski definition) is 0. The van der Waals surface area contributed by atoms with Gasteiger partial charge in [0.1, 0.15) is 12.5 Å². The van der Waals surface area contributed by atoms with Gasteiger partial charge in [0, 0.05) is 22.2 Å². The number of nitriles is 2. The highest BCUT2D eigenvalue weighted by atomic mass is 15.1.